The first-order valence-corrected chi connectivity index (χ1v) is 9.46. The molecule has 3 heterocycles. The van der Waals surface area contributed by atoms with E-state index in [0.29, 0.717) is 27.6 Å². The van der Waals surface area contributed by atoms with E-state index in [1.807, 2.05) is 30.3 Å². The first kappa shape index (κ1) is 18.8. The molecule has 0 aliphatic carbocycles. The number of hydrogen-bond donors (Lipinski definition) is 2. The minimum atomic E-state index is -1.08. The minimum absolute atomic E-state index is 0.0515. The Bertz CT molecular complexity index is 1190. The molecule has 1 amide bonds. The molecule has 0 aliphatic heterocycles. The Balaban J connectivity index is 1.60. The molecule has 0 radical (unpaired) electrons. The molecule has 0 spiro atoms. The standard InChI is InChI=1S/C20H16N4O4S/c1-28-24(11-12-5-3-2-4-6-12)19(25)16-8-7-15(29-16)14-10-22-18-17(23-14)13(9-21-18)20(26)27/h2-10H,11H2,1H3,(H,21,22)(H,26,27). The number of rotatable bonds is 6. The second-order valence-electron chi connectivity index (χ2n) is 6.13. The van der Waals surface area contributed by atoms with Gasteiger partial charge in [-0.1, -0.05) is 30.3 Å². The van der Waals surface area contributed by atoms with E-state index >= 15 is 0 Å². The van der Waals surface area contributed by atoms with Crippen LogP contribution in [0.15, 0.2) is 54.9 Å². The third-order valence-electron chi connectivity index (χ3n) is 4.30. The van der Waals surface area contributed by atoms with Crippen molar-refractivity contribution in [2.24, 2.45) is 0 Å². The zero-order valence-corrected chi connectivity index (χ0v) is 16.1. The summed E-state index contributed by atoms with van der Waals surface area (Å²) in [6, 6.07) is 13.0. The number of nitrogens with zero attached hydrogens (tertiary/aromatic N) is 3. The van der Waals surface area contributed by atoms with E-state index in [1.54, 1.807) is 18.3 Å². The molecule has 0 saturated carbocycles. The van der Waals surface area contributed by atoms with Crippen LogP contribution in [0, 0.1) is 0 Å². The zero-order valence-electron chi connectivity index (χ0n) is 15.3. The summed E-state index contributed by atoms with van der Waals surface area (Å²) in [5, 5.41) is 10.6. The van der Waals surface area contributed by atoms with E-state index in [0.717, 1.165) is 5.56 Å². The van der Waals surface area contributed by atoms with E-state index in [1.165, 1.54) is 29.7 Å². The Morgan fingerprint density at radius 2 is 2.00 bits per heavy atom. The van der Waals surface area contributed by atoms with Crippen LogP contribution in [0.2, 0.25) is 0 Å². The quantitative estimate of drug-likeness (QED) is 0.472. The van der Waals surface area contributed by atoms with Gasteiger partial charge in [0, 0.05) is 6.20 Å². The fourth-order valence-electron chi connectivity index (χ4n) is 2.86. The molecule has 0 saturated heterocycles. The van der Waals surface area contributed by atoms with Crippen molar-refractivity contribution in [3.63, 3.8) is 0 Å². The Kier molecular flexibility index (Phi) is 5.07. The van der Waals surface area contributed by atoms with Gasteiger partial charge in [-0.25, -0.2) is 19.8 Å². The van der Waals surface area contributed by atoms with Gasteiger partial charge in [-0.3, -0.25) is 9.63 Å². The molecule has 2 N–H and O–H groups in total. The number of H-pyrrole nitrogens is 1. The SMILES string of the molecule is CON(Cc1ccccc1)C(=O)c1ccc(-c2cnc3[nH]cc(C(=O)O)c3n2)s1. The largest absolute Gasteiger partial charge is 0.478 e. The van der Waals surface area contributed by atoms with Crippen molar-refractivity contribution in [2.45, 2.75) is 6.54 Å². The van der Waals surface area contributed by atoms with Gasteiger partial charge >= 0.3 is 5.97 Å². The molecule has 146 valence electrons. The van der Waals surface area contributed by atoms with Gasteiger partial charge in [0.25, 0.3) is 5.91 Å². The summed E-state index contributed by atoms with van der Waals surface area (Å²) in [5.41, 5.74) is 2.17. The van der Waals surface area contributed by atoms with Crippen LogP contribution < -0.4 is 0 Å². The second-order valence-corrected chi connectivity index (χ2v) is 7.22. The number of thiophene rings is 1. The lowest BCUT2D eigenvalue weighted by Crippen LogP contribution is -2.28. The monoisotopic (exact) mass is 408 g/mol. The number of carboxylic acid groups (broad SMARTS) is 1. The van der Waals surface area contributed by atoms with Gasteiger partial charge < -0.3 is 10.1 Å². The van der Waals surface area contributed by atoms with Crippen molar-refractivity contribution < 1.29 is 19.5 Å². The number of aromatic amines is 1. The topological polar surface area (TPSA) is 108 Å². The van der Waals surface area contributed by atoms with Crippen LogP contribution in [0.1, 0.15) is 25.6 Å². The number of aromatic carboxylic acids is 1. The molecule has 29 heavy (non-hydrogen) atoms. The van der Waals surface area contributed by atoms with E-state index < -0.39 is 5.97 Å². The number of hydrogen-bond acceptors (Lipinski definition) is 6. The van der Waals surface area contributed by atoms with Gasteiger partial charge in [0.2, 0.25) is 0 Å². The van der Waals surface area contributed by atoms with Gasteiger partial charge in [-0.05, 0) is 17.7 Å². The van der Waals surface area contributed by atoms with Crippen molar-refractivity contribution in [2.75, 3.05) is 7.11 Å². The maximum absolute atomic E-state index is 12.8. The molecule has 0 aliphatic rings. The fraction of sp³-hybridized carbons (Fsp3) is 0.100. The van der Waals surface area contributed by atoms with Crippen molar-refractivity contribution >= 4 is 34.4 Å². The predicted octanol–water partition coefficient (Wildman–Crippen LogP) is 3.59. The van der Waals surface area contributed by atoms with Crippen molar-refractivity contribution in [1.82, 2.24) is 20.0 Å². The van der Waals surface area contributed by atoms with E-state index in [-0.39, 0.29) is 17.0 Å². The van der Waals surface area contributed by atoms with Crippen LogP contribution in [0.3, 0.4) is 0 Å². The molecule has 0 atom stereocenters. The molecular weight excluding hydrogens is 392 g/mol. The number of amides is 1. The van der Waals surface area contributed by atoms with Crippen molar-refractivity contribution in [1.29, 1.82) is 0 Å². The number of nitrogens with one attached hydrogen (secondary N) is 1. The van der Waals surface area contributed by atoms with Crippen LogP contribution in [0.25, 0.3) is 21.7 Å². The van der Waals surface area contributed by atoms with Gasteiger partial charge in [-0.15, -0.1) is 11.3 Å². The van der Waals surface area contributed by atoms with E-state index in [2.05, 4.69) is 15.0 Å². The van der Waals surface area contributed by atoms with Gasteiger partial charge in [0.1, 0.15) is 11.1 Å². The molecule has 0 bridgehead atoms. The highest BCUT2D eigenvalue weighted by Gasteiger charge is 2.20. The molecular formula is C20H16N4O4S. The number of carbonyl (C=O) groups is 2. The van der Waals surface area contributed by atoms with Gasteiger partial charge in [0.05, 0.1) is 35.3 Å². The average molecular weight is 408 g/mol. The lowest BCUT2D eigenvalue weighted by molar-refractivity contribution is -0.101. The lowest BCUT2D eigenvalue weighted by Gasteiger charge is -2.18. The molecule has 0 unspecified atom stereocenters. The minimum Gasteiger partial charge on any atom is -0.478 e. The van der Waals surface area contributed by atoms with Crippen LogP contribution in [0.4, 0.5) is 0 Å². The Hall–Kier alpha value is -3.56. The molecule has 3 aromatic heterocycles. The van der Waals surface area contributed by atoms with Crippen LogP contribution >= 0.6 is 11.3 Å². The number of benzene rings is 1. The Morgan fingerprint density at radius 3 is 2.72 bits per heavy atom. The molecule has 9 heteroatoms. The predicted molar refractivity (Wildman–Crippen MR) is 107 cm³/mol. The van der Waals surface area contributed by atoms with Gasteiger partial charge in [0.15, 0.2) is 5.65 Å². The highest BCUT2D eigenvalue weighted by atomic mass is 32.1. The summed E-state index contributed by atoms with van der Waals surface area (Å²) in [4.78, 5) is 42.0. The molecule has 0 fully saturated rings. The summed E-state index contributed by atoms with van der Waals surface area (Å²) in [6.45, 7) is 0.320. The number of fused-ring (bicyclic) bond motifs is 1. The molecule has 4 aromatic rings. The number of hydroxylamine groups is 2. The first-order valence-electron chi connectivity index (χ1n) is 8.64. The third-order valence-corrected chi connectivity index (χ3v) is 5.39. The van der Waals surface area contributed by atoms with Crippen LogP contribution in [-0.2, 0) is 11.4 Å². The first-order chi connectivity index (χ1) is 14.1. The van der Waals surface area contributed by atoms with E-state index in [4.69, 9.17) is 4.84 Å². The summed E-state index contributed by atoms with van der Waals surface area (Å²) in [7, 11) is 1.45. The number of carboxylic acids is 1. The highest BCUT2D eigenvalue weighted by Crippen LogP contribution is 2.29. The molecule has 4 rings (SSSR count). The number of carbonyl (C=O) groups excluding carboxylic acids is 1. The summed E-state index contributed by atoms with van der Waals surface area (Å²) in [5.74, 6) is -1.35. The number of aromatic nitrogens is 3. The third kappa shape index (κ3) is 3.73. The normalized spacial score (nSPS) is 10.9. The maximum atomic E-state index is 12.8. The molecule has 8 nitrogen and oxygen atoms in total. The highest BCUT2D eigenvalue weighted by molar-refractivity contribution is 7.17. The smallest absolute Gasteiger partial charge is 0.339 e. The fourth-order valence-corrected chi connectivity index (χ4v) is 3.76. The summed E-state index contributed by atoms with van der Waals surface area (Å²) < 4.78 is 0. The summed E-state index contributed by atoms with van der Waals surface area (Å²) in [6.07, 6.45) is 2.91. The van der Waals surface area contributed by atoms with Crippen LogP contribution in [-0.4, -0.2) is 44.1 Å². The van der Waals surface area contributed by atoms with Crippen LogP contribution in [0.5, 0.6) is 0 Å². The second kappa shape index (κ2) is 7.82. The zero-order chi connectivity index (χ0) is 20.4. The van der Waals surface area contributed by atoms with Gasteiger partial charge in [-0.2, -0.15) is 0 Å². The Morgan fingerprint density at radius 1 is 1.21 bits per heavy atom. The van der Waals surface area contributed by atoms with E-state index in [9.17, 15) is 14.7 Å². The maximum Gasteiger partial charge on any atom is 0.339 e. The molecule has 1 aromatic carbocycles. The van der Waals surface area contributed by atoms with Crippen molar-refractivity contribution in [3.05, 3.63) is 70.9 Å². The summed E-state index contributed by atoms with van der Waals surface area (Å²) >= 11 is 1.24. The lowest BCUT2D eigenvalue weighted by atomic mass is 10.2. The average Bonchev–Trinajstić information content (AvgIpc) is 3.39. The Labute approximate surface area is 169 Å². The van der Waals surface area contributed by atoms with Crippen molar-refractivity contribution in [3.8, 4) is 10.6 Å².